The first-order valence-corrected chi connectivity index (χ1v) is 5.21. The Kier molecular flexibility index (Phi) is 3.91. The first-order valence-electron chi connectivity index (χ1n) is 5.21. The van der Waals surface area contributed by atoms with Crippen LogP contribution in [0.2, 0.25) is 0 Å². The summed E-state index contributed by atoms with van der Waals surface area (Å²) >= 11 is 0. The van der Waals surface area contributed by atoms with Gasteiger partial charge >= 0.3 is 5.97 Å². The summed E-state index contributed by atoms with van der Waals surface area (Å²) in [5.74, 6) is 0.756. The van der Waals surface area contributed by atoms with Gasteiger partial charge in [-0.1, -0.05) is 0 Å². The molecule has 1 saturated carbocycles. The van der Waals surface area contributed by atoms with Gasteiger partial charge < -0.3 is 16.2 Å². The summed E-state index contributed by atoms with van der Waals surface area (Å²) in [6.45, 7) is 0. The highest BCUT2D eigenvalue weighted by molar-refractivity contribution is 5.84. The number of hydrogen-bond donors (Lipinski definition) is 3. The minimum absolute atomic E-state index is 0.0152. The Bertz CT molecular complexity index is 329. The van der Waals surface area contributed by atoms with E-state index >= 15 is 0 Å². The second kappa shape index (κ2) is 4.99. The number of nitrogens with two attached hydrogens (primary N) is 1. The van der Waals surface area contributed by atoms with E-state index in [1.165, 1.54) is 0 Å². The van der Waals surface area contributed by atoms with Crippen molar-refractivity contribution in [2.45, 2.75) is 43.7 Å². The largest absolute Gasteiger partial charge is 0.480 e. The lowest BCUT2D eigenvalue weighted by atomic mass is 9.75. The van der Waals surface area contributed by atoms with E-state index < -0.39 is 17.6 Å². The van der Waals surface area contributed by atoms with E-state index in [1.807, 2.05) is 0 Å². The standard InChI is InChI=1S/C11H16N2O3/c1-2-4-8(10(15)16)13-9(14)7-11(12)5-3-6-11/h1,8H,3-7,12H2,(H,13,14)(H,15,16). The molecule has 0 aromatic heterocycles. The van der Waals surface area contributed by atoms with Crippen LogP contribution in [0.15, 0.2) is 0 Å². The predicted molar refractivity (Wildman–Crippen MR) is 58.4 cm³/mol. The molecule has 0 saturated heterocycles. The SMILES string of the molecule is C#CCC(NC(=O)CC1(N)CCC1)C(=O)O. The number of carbonyl (C=O) groups excluding carboxylic acids is 1. The maximum absolute atomic E-state index is 11.5. The van der Waals surface area contributed by atoms with E-state index in [-0.39, 0.29) is 18.7 Å². The van der Waals surface area contributed by atoms with Gasteiger partial charge in [0.25, 0.3) is 0 Å². The van der Waals surface area contributed by atoms with Gasteiger partial charge in [-0.2, -0.15) is 0 Å². The van der Waals surface area contributed by atoms with E-state index in [0.717, 1.165) is 19.3 Å². The normalized spacial score (nSPS) is 19.0. The third kappa shape index (κ3) is 3.24. The van der Waals surface area contributed by atoms with Crippen molar-refractivity contribution in [3.8, 4) is 12.3 Å². The van der Waals surface area contributed by atoms with Crippen LogP contribution in [0, 0.1) is 12.3 Å². The van der Waals surface area contributed by atoms with Gasteiger partial charge in [0.15, 0.2) is 0 Å². The molecule has 88 valence electrons. The average Bonchev–Trinajstić information content (AvgIpc) is 2.14. The Labute approximate surface area is 94.4 Å². The molecule has 0 spiro atoms. The van der Waals surface area contributed by atoms with E-state index in [2.05, 4.69) is 11.2 Å². The highest BCUT2D eigenvalue weighted by atomic mass is 16.4. The van der Waals surface area contributed by atoms with Crippen LogP contribution in [0.25, 0.3) is 0 Å². The van der Waals surface area contributed by atoms with Gasteiger partial charge in [-0.3, -0.25) is 4.79 Å². The zero-order valence-electron chi connectivity index (χ0n) is 9.03. The molecule has 0 heterocycles. The number of amides is 1. The molecule has 1 atom stereocenters. The lowest BCUT2D eigenvalue weighted by molar-refractivity contribution is -0.142. The number of rotatable bonds is 5. The second-order valence-corrected chi connectivity index (χ2v) is 4.26. The van der Waals surface area contributed by atoms with E-state index in [9.17, 15) is 9.59 Å². The monoisotopic (exact) mass is 224 g/mol. The second-order valence-electron chi connectivity index (χ2n) is 4.26. The van der Waals surface area contributed by atoms with Crippen molar-refractivity contribution in [1.82, 2.24) is 5.32 Å². The van der Waals surface area contributed by atoms with Gasteiger partial charge in [-0.25, -0.2) is 4.79 Å². The maximum Gasteiger partial charge on any atom is 0.327 e. The number of nitrogens with one attached hydrogen (secondary N) is 1. The number of carboxylic acid groups (broad SMARTS) is 1. The van der Waals surface area contributed by atoms with Crippen LogP contribution in [0.1, 0.15) is 32.1 Å². The third-order valence-corrected chi connectivity index (χ3v) is 2.82. The summed E-state index contributed by atoms with van der Waals surface area (Å²) in [6, 6.07) is -1.01. The first-order chi connectivity index (χ1) is 7.47. The summed E-state index contributed by atoms with van der Waals surface area (Å²) in [4.78, 5) is 22.3. The minimum Gasteiger partial charge on any atom is -0.480 e. The number of hydrogen-bond acceptors (Lipinski definition) is 3. The lowest BCUT2D eigenvalue weighted by Gasteiger charge is -2.37. The van der Waals surface area contributed by atoms with Gasteiger partial charge in [0.2, 0.25) is 5.91 Å². The van der Waals surface area contributed by atoms with Gasteiger partial charge in [0.1, 0.15) is 6.04 Å². The zero-order valence-corrected chi connectivity index (χ0v) is 9.03. The highest BCUT2D eigenvalue weighted by Gasteiger charge is 2.35. The predicted octanol–water partition coefficient (Wildman–Crippen LogP) is -0.149. The minimum atomic E-state index is -1.12. The molecule has 1 rings (SSSR count). The molecular weight excluding hydrogens is 208 g/mol. The number of carboxylic acids is 1. The molecule has 1 amide bonds. The van der Waals surface area contributed by atoms with Crippen molar-refractivity contribution in [3.05, 3.63) is 0 Å². The molecule has 0 aromatic rings. The lowest BCUT2D eigenvalue weighted by Crippen LogP contribution is -2.51. The zero-order chi connectivity index (χ0) is 12.2. The van der Waals surface area contributed by atoms with Crippen LogP contribution >= 0.6 is 0 Å². The van der Waals surface area contributed by atoms with Crippen molar-refractivity contribution in [2.75, 3.05) is 0 Å². The molecule has 1 unspecified atom stereocenters. The summed E-state index contributed by atoms with van der Waals surface area (Å²) in [5, 5.41) is 11.2. The van der Waals surface area contributed by atoms with Crippen molar-refractivity contribution in [1.29, 1.82) is 0 Å². The smallest absolute Gasteiger partial charge is 0.327 e. The van der Waals surface area contributed by atoms with Gasteiger partial charge in [0.05, 0.1) is 0 Å². The number of aliphatic carboxylic acids is 1. The molecule has 1 aliphatic rings. The molecule has 4 N–H and O–H groups in total. The van der Waals surface area contributed by atoms with Gasteiger partial charge in [0, 0.05) is 18.4 Å². The molecule has 0 bridgehead atoms. The Hall–Kier alpha value is -1.54. The molecule has 0 radical (unpaired) electrons. The fourth-order valence-electron chi connectivity index (χ4n) is 1.69. The molecule has 0 aliphatic heterocycles. The highest BCUT2D eigenvalue weighted by Crippen LogP contribution is 2.31. The molecule has 5 nitrogen and oxygen atoms in total. The fourth-order valence-corrected chi connectivity index (χ4v) is 1.69. The van der Waals surface area contributed by atoms with Crippen molar-refractivity contribution >= 4 is 11.9 Å². The molecule has 0 aromatic carbocycles. The first kappa shape index (κ1) is 12.5. The fraction of sp³-hybridized carbons (Fsp3) is 0.636. The molecule has 16 heavy (non-hydrogen) atoms. The molecule has 1 aliphatic carbocycles. The average molecular weight is 224 g/mol. The molecule has 5 heteroatoms. The van der Waals surface area contributed by atoms with Crippen LogP contribution in [0.4, 0.5) is 0 Å². The summed E-state index contributed by atoms with van der Waals surface area (Å²) in [5.41, 5.74) is 5.44. The summed E-state index contributed by atoms with van der Waals surface area (Å²) in [6.07, 6.45) is 7.82. The van der Waals surface area contributed by atoms with E-state index in [1.54, 1.807) is 0 Å². The van der Waals surface area contributed by atoms with E-state index in [4.69, 9.17) is 17.3 Å². The summed E-state index contributed by atoms with van der Waals surface area (Å²) in [7, 11) is 0. The van der Waals surface area contributed by atoms with Crippen LogP contribution in [-0.4, -0.2) is 28.6 Å². The Morgan fingerprint density at radius 3 is 2.56 bits per heavy atom. The van der Waals surface area contributed by atoms with Crippen molar-refractivity contribution in [2.24, 2.45) is 5.73 Å². The number of carbonyl (C=O) groups is 2. The Balaban J connectivity index is 2.42. The topological polar surface area (TPSA) is 92.4 Å². The Morgan fingerprint density at radius 1 is 1.56 bits per heavy atom. The van der Waals surface area contributed by atoms with Crippen LogP contribution in [0.5, 0.6) is 0 Å². The Morgan fingerprint density at radius 2 is 2.19 bits per heavy atom. The summed E-state index contributed by atoms with van der Waals surface area (Å²) < 4.78 is 0. The molecule has 1 fully saturated rings. The number of terminal acetylenes is 1. The van der Waals surface area contributed by atoms with Crippen molar-refractivity contribution in [3.63, 3.8) is 0 Å². The third-order valence-electron chi connectivity index (χ3n) is 2.82. The quantitative estimate of drug-likeness (QED) is 0.566. The maximum atomic E-state index is 11.5. The van der Waals surface area contributed by atoms with Crippen LogP contribution in [0.3, 0.4) is 0 Å². The van der Waals surface area contributed by atoms with Gasteiger partial charge in [-0.15, -0.1) is 12.3 Å². The van der Waals surface area contributed by atoms with Crippen LogP contribution in [-0.2, 0) is 9.59 Å². The van der Waals surface area contributed by atoms with E-state index in [0.29, 0.717) is 0 Å². The molecular formula is C11H16N2O3. The van der Waals surface area contributed by atoms with Gasteiger partial charge in [-0.05, 0) is 19.3 Å². The van der Waals surface area contributed by atoms with Crippen molar-refractivity contribution < 1.29 is 14.7 Å². The van der Waals surface area contributed by atoms with Crippen LogP contribution < -0.4 is 11.1 Å².